The van der Waals surface area contributed by atoms with Gasteiger partial charge in [0.1, 0.15) is 0 Å². The van der Waals surface area contributed by atoms with E-state index in [1.54, 1.807) is 0 Å². The van der Waals surface area contributed by atoms with Crippen LogP contribution in [0.1, 0.15) is 23.1 Å². The van der Waals surface area contributed by atoms with Gasteiger partial charge in [-0.15, -0.1) is 0 Å². The average Bonchev–Trinajstić information content (AvgIpc) is 2.26. The molecule has 1 aliphatic rings. The van der Waals surface area contributed by atoms with E-state index in [0.717, 1.165) is 19.5 Å². The summed E-state index contributed by atoms with van der Waals surface area (Å²) >= 11 is 0. The fourth-order valence-corrected chi connectivity index (χ4v) is 2.26. The predicted molar refractivity (Wildman–Crippen MR) is 62.4 cm³/mol. The Balaban J connectivity index is 2.21. The summed E-state index contributed by atoms with van der Waals surface area (Å²) in [6.07, 6.45) is 1.94. The van der Waals surface area contributed by atoms with Crippen molar-refractivity contribution in [1.29, 1.82) is 0 Å². The maximum absolute atomic E-state index is 10.6. The van der Waals surface area contributed by atoms with Crippen molar-refractivity contribution < 1.29 is 9.90 Å². The maximum Gasteiger partial charge on any atom is 0.303 e. The molecule has 0 spiro atoms. The monoisotopic (exact) mass is 219 g/mol. The minimum absolute atomic E-state index is 0.222. The standard InChI is InChI=1S/C13H17NO2/c1-14-8-7-11-4-2-3-10(12(11)9-14)5-6-13(15)16/h2-4H,5-9H2,1H3,(H,15,16). The molecule has 86 valence electrons. The van der Waals surface area contributed by atoms with Gasteiger partial charge in [0.05, 0.1) is 0 Å². The van der Waals surface area contributed by atoms with Crippen molar-refractivity contribution in [1.82, 2.24) is 4.90 Å². The van der Waals surface area contributed by atoms with Gasteiger partial charge < -0.3 is 10.0 Å². The molecule has 1 aromatic rings. The zero-order valence-corrected chi connectivity index (χ0v) is 9.57. The number of benzene rings is 1. The molecule has 0 amide bonds. The summed E-state index contributed by atoms with van der Waals surface area (Å²) in [5.41, 5.74) is 3.94. The van der Waals surface area contributed by atoms with Gasteiger partial charge in [0, 0.05) is 19.5 Å². The van der Waals surface area contributed by atoms with Gasteiger partial charge >= 0.3 is 5.97 Å². The van der Waals surface area contributed by atoms with Gasteiger partial charge in [-0.25, -0.2) is 0 Å². The van der Waals surface area contributed by atoms with Crippen molar-refractivity contribution >= 4 is 5.97 Å². The molecule has 0 unspecified atom stereocenters. The molecule has 1 heterocycles. The second kappa shape index (κ2) is 4.66. The highest BCUT2D eigenvalue weighted by atomic mass is 16.4. The summed E-state index contributed by atoms with van der Waals surface area (Å²) in [5.74, 6) is -0.721. The first-order chi connectivity index (χ1) is 7.66. The lowest BCUT2D eigenvalue weighted by Gasteiger charge is -2.27. The fourth-order valence-electron chi connectivity index (χ4n) is 2.26. The SMILES string of the molecule is CN1CCc2cccc(CCC(=O)O)c2C1. The van der Waals surface area contributed by atoms with Gasteiger partial charge in [-0.2, -0.15) is 0 Å². The van der Waals surface area contributed by atoms with E-state index in [1.165, 1.54) is 16.7 Å². The van der Waals surface area contributed by atoms with E-state index >= 15 is 0 Å². The first-order valence-electron chi connectivity index (χ1n) is 5.67. The Bertz CT molecular complexity index is 401. The quantitative estimate of drug-likeness (QED) is 0.841. The van der Waals surface area contributed by atoms with Crippen molar-refractivity contribution in [3.05, 3.63) is 34.9 Å². The number of nitrogens with zero attached hydrogens (tertiary/aromatic N) is 1. The lowest BCUT2D eigenvalue weighted by molar-refractivity contribution is -0.136. The van der Waals surface area contributed by atoms with E-state index in [0.29, 0.717) is 6.42 Å². The molecule has 0 radical (unpaired) electrons. The number of carbonyl (C=O) groups is 1. The van der Waals surface area contributed by atoms with Gasteiger partial charge in [-0.05, 0) is 36.6 Å². The highest BCUT2D eigenvalue weighted by Gasteiger charge is 2.16. The number of likely N-dealkylation sites (N-methyl/N-ethyl adjacent to an activating group) is 1. The number of hydrogen-bond acceptors (Lipinski definition) is 2. The van der Waals surface area contributed by atoms with E-state index in [4.69, 9.17) is 5.11 Å². The third kappa shape index (κ3) is 2.42. The average molecular weight is 219 g/mol. The van der Waals surface area contributed by atoms with Crippen molar-refractivity contribution in [3.63, 3.8) is 0 Å². The molecule has 0 saturated heterocycles. The highest BCUT2D eigenvalue weighted by Crippen LogP contribution is 2.22. The Morgan fingerprint density at radius 3 is 3.06 bits per heavy atom. The Morgan fingerprint density at radius 2 is 2.31 bits per heavy atom. The van der Waals surface area contributed by atoms with Crippen molar-refractivity contribution in [3.8, 4) is 0 Å². The molecule has 16 heavy (non-hydrogen) atoms. The molecule has 0 fully saturated rings. The van der Waals surface area contributed by atoms with Crippen molar-refractivity contribution in [2.75, 3.05) is 13.6 Å². The molecule has 0 bridgehead atoms. The van der Waals surface area contributed by atoms with Crippen LogP contribution in [-0.2, 0) is 24.2 Å². The molecule has 1 aromatic carbocycles. The van der Waals surface area contributed by atoms with Crippen LogP contribution in [0, 0.1) is 0 Å². The number of hydrogen-bond donors (Lipinski definition) is 1. The summed E-state index contributed by atoms with van der Waals surface area (Å²) in [7, 11) is 2.11. The Kier molecular flexibility index (Phi) is 3.25. The van der Waals surface area contributed by atoms with Crippen LogP contribution in [-0.4, -0.2) is 29.6 Å². The van der Waals surface area contributed by atoms with Crippen LogP contribution in [0.4, 0.5) is 0 Å². The lowest BCUT2D eigenvalue weighted by Crippen LogP contribution is -2.27. The Hall–Kier alpha value is -1.35. The second-order valence-electron chi connectivity index (χ2n) is 4.44. The minimum atomic E-state index is -0.721. The zero-order valence-electron chi connectivity index (χ0n) is 9.57. The zero-order chi connectivity index (χ0) is 11.5. The summed E-state index contributed by atoms with van der Waals surface area (Å²) in [5, 5.41) is 8.72. The smallest absolute Gasteiger partial charge is 0.303 e. The number of fused-ring (bicyclic) bond motifs is 1. The number of aliphatic carboxylic acids is 1. The second-order valence-corrected chi connectivity index (χ2v) is 4.44. The first-order valence-corrected chi connectivity index (χ1v) is 5.67. The Morgan fingerprint density at radius 1 is 1.50 bits per heavy atom. The molecule has 1 N–H and O–H groups in total. The molecule has 1 aliphatic heterocycles. The van der Waals surface area contributed by atoms with Crippen molar-refractivity contribution in [2.24, 2.45) is 0 Å². The van der Waals surface area contributed by atoms with E-state index in [1.807, 2.05) is 6.07 Å². The molecular weight excluding hydrogens is 202 g/mol. The third-order valence-corrected chi connectivity index (χ3v) is 3.17. The topological polar surface area (TPSA) is 40.5 Å². The molecule has 0 aliphatic carbocycles. The van der Waals surface area contributed by atoms with Crippen LogP contribution in [0.25, 0.3) is 0 Å². The molecule has 0 atom stereocenters. The largest absolute Gasteiger partial charge is 0.481 e. The molecule has 0 aromatic heterocycles. The normalized spacial score (nSPS) is 15.8. The summed E-state index contributed by atoms with van der Waals surface area (Å²) in [6.45, 7) is 2.04. The number of carboxylic acids is 1. The molecule has 0 saturated carbocycles. The lowest BCUT2D eigenvalue weighted by atomic mass is 9.93. The number of carboxylic acid groups (broad SMARTS) is 1. The van der Waals surface area contributed by atoms with Crippen LogP contribution in [0.2, 0.25) is 0 Å². The first kappa shape index (κ1) is 11.1. The molecule has 3 nitrogen and oxygen atoms in total. The molecule has 3 heteroatoms. The van der Waals surface area contributed by atoms with Crippen LogP contribution in [0.5, 0.6) is 0 Å². The van der Waals surface area contributed by atoms with Crippen LogP contribution >= 0.6 is 0 Å². The predicted octanol–water partition coefficient (Wildman–Crippen LogP) is 1.69. The van der Waals surface area contributed by atoms with Gasteiger partial charge in [0.2, 0.25) is 0 Å². The van der Waals surface area contributed by atoms with Gasteiger partial charge in [-0.3, -0.25) is 4.79 Å². The fraction of sp³-hybridized carbons (Fsp3) is 0.462. The Labute approximate surface area is 95.7 Å². The van der Waals surface area contributed by atoms with Crippen LogP contribution in [0.3, 0.4) is 0 Å². The molecule has 2 rings (SSSR count). The van der Waals surface area contributed by atoms with Gasteiger partial charge in [0.15, 0.2) is 0 Å². The molecular formula is C13H17NO2. The summed E-state index contributed by atoms with van der Waals surface area (Å²) < 4.78 is 0. The number of aryl methyl sites for hydroxylation is 1. The third-order valence-electron chi connectivity index (χ3n) is 3.17. The summed E-state index contributed by atoms with van der Waals surface area (Å²) in [4.78, 5) is 12.9. The van der Waals surface area contributed by atoms with Crippen molar-refractivity contribution in [2.45, 2.75) is 25.8 Å². The number of rotatable bonds is 3. The van der Waals surface area contributed by atoms with Gasteiger partial charge in [0.25, 0.3) is 0 Å². The van der Waals surface area contributed by atoms with E-state index in [-0.39, 0.29) is 6.42 Å². The van der Waals surface area contributed by atoms with Crippen LogP contribution in [0.15, 0.2) is 18.2 Å². The highest BCUT2D eigenvalue weighted by molar-refractivity contribution is 5.67. The maximum atomic E-state index is 10.6. The van der Waals surface area contributed by atoms with E-state index in [2.05, 4.69) is 24.1 Å². The van der Waals surface area contributed by atoms with E-state index < -0.39 is 5.97 Å². The van der Waals surface area contributed by atoms with E-state index in [9.17, 15) is 4.79 Å². The van der Waals surface area contributed by atoms with Crippen LogP contribution < -0.4 is 0 Å². The minimum Gasteiger partial charge on any atom is -0.481 e. The summed E-state index contributed by atoms with van der Waals surface area (Å²) in [6, 6.07) is 6.26. The van der Waals surface area contributed by atoms with Gasteiger partial charge in [-0.1, -0.05) is 18.2 Å².